The Bertz CT molecular complexity index is 1910. The van der Waals surface area contributed by atoms with Gasteiger partial charge in [-0.05, 0) is 71.1 Å². The molecule has 8 aromatic rings. The molecule has 8 aromatic carbocycles. The van der Waals surface area contributed by atoms with Crippen LogP contribution in [0, 0.1) is 0 Å². The van der Waals surface area contributed by atoms with E-state index < -0.39 is 0 Å². The van der Waals surface area contributed by atoms with Crippen LogP contribution in [0.15, 0.2) is 146 Å². The first-order valence-corrected chi connectivity index (χ1v) is 12.4. The lowest BCUT2D eigenvalue weighted by Crippen LogP contribution is -1.87. The maximum atomic E-state index is 2.31. The van der Waals surface area contributed by atoms with Crippen LogP contribution >= 0.6 is 0 Å². The molecule has 0 saturated carbocycles. The second kappa shape index (κ2) is 8.52. The van der Waals surface area contributed by atoms with Gasteiger partial charge in [-0.2, -0.15) is 0 Å². The molecular weight excluding hydrogens is 432 g/mol. The zero-order valence-electron chi connectivity index (χ0n) is 19.9. The van der Waals surface area contributed by atoms with E-state index in [9.17, 15) is 0 Å². The van der Waals surface area contributed by atoms with E-state index >= 15 is 0 Å². The Balaban J connectivity index is 0.000000185. The summed E-state index contributed by atoms with van der Waals surface area (Å²) in [6.45, 7) is 0. The summed E-state index contributed by atoms with van der Waals surface area (Å²) in [6, 6.07) is 52.2. The van der Waals surface area contributed by atoms with Gasteiger partial charge in [0, 0.05) is 0 Å². The van der Waals surface area contributed by atoms with Gasteiger partial charge in [-0.25, -0.2) is 0 Å². The molecule has 0 aliphatic rings. The SMILES string of the molecule is c1ccc2cc(-c3ccc4ccc5cccc6ccc3c4c56)ccc2c1.c1ccc2ccccc2c1. The summed E-state index contributed by atoms with van der Waals surface area (Å²) in [7, 11) is 0. The van der Waals surface area contributed by atoms with E-state index in [1.165, 1.54) is 65.0 Å². The molecule has 0 saturated heterocycles. The van der Waals surface area contributed by atoms with E-state index in [4.69, 9.17) is 0 Å². The van der Waals surface area contributed by atoms with E-state index in [-0.39, 0.29) is 0 Å². The zero-order chi connectivity index (χ0) is 23.9. The van der Waals surface area contributed by atoms with Crippen molar-refractivity contribution in [1.29, 1.82) is 0 Å². The number of hydrogen-bond donors (Lipinski definition) is 0. The fraction of sp³-hybridized carbons (Fsp3) is 0. The summed E-state index contributed by atoms with van der Waals surface area (Å²) < 4.78 is 0. The van der Waals surface area contributed by atoms with Gasteiger partial charge in [-0.15, -0.1) is 0 Å². The minimum Gasteiger partial charge on any atom is -0.0616 e. The van der Waals surface area contributed by atoms with Crippen LogP contribution in [0.3, 0.4) is 0 Å². The smallest absolute Gasteiger partial charge is 0.00206 e. The number of fused-ring (bicyclic) bond motifs is 2. The van der Waals surface area contributed by atoms with Gasteiger partial charge >= 0.3 is 0 Å². The van der Waals surface area contributed by atoms with Gasteiger partial charge in [0.25, 0.3) is 0 Å². The lowest BCUT2D eigenvalue weighted by Gasteiger charge is -2.14. The summed E-state index contributed by atoms with van der Waals surface area (Å²) in [5.41, 5.74) is 2.59. The molecule has 36 heavy (non-hydrogen) atoms. The summed E-state index contributed by atoms with van der Waals surface area (Å²) in [6.07, 6.45) is 0. The fourth-order valence-corrected chi connectivity index (χ4v) is 5.48. The van der Waals surface area contributed by atoms with E-state index in [0.717, 1.165) is 0 Å². The molecule has 0 amide bonds. The van der Waals surface area contributed by atoms with Gasteiger partial charge in [0.1, 0.15) is 0 Å². The molecule has 0 heteroatoms. The minimum absolute atomic E-state index is 1.28. The van der Waals surface area contributed by atoms with Gasteiger partial charge in [-0.1, -0.05) is 140 Å². The molecule has 0 heterocycles. The van der Waals surface area contributed by atoms with Crippen molar-refractivity contribution in [3.63, 3.8) is 0 Å². The van der Waals surface area contributed by atoms with Crippen molar-refractivity contribution in [2.24, 2.45) is 0 Å². The maximum absolute atomic E-state index is 2.31. The molecule has 0 atom stereocenters. The molecule has 0 aliphatic heterocycles. The van der Waals surface area contributed by atoms with Gasteiger partial charge in [0.2, 0.25) is 0 Å². The van der Waals surface area contributed by atoms with E-state index in [1.807, 2.05) is 0 Å². The highest BCUT2D eigenvalue weighted by molar-refractivity contribution is 6.25. The van der Waals surface area contributed by atoms with Crippen LogP contribution < -0.4 is 0 Å². The largest absolute Gasteiger partial charge is 0.0616 e. The van der Waals surface area contributed by atoms with Crippen molar-refractivity contribution in [2.45, 2.75) is 0 Å². The third kappa shape index (κ3) is 3.47. The molecule has 0 nitrogen and oxygen atoms in total. The second-order valence-corrected chi connectivity index (χ2v) is 9.38. The van der Waals surface area contributed by atoms with Crippen molar-refractivity contribution in [1.82, 2.24) is 0 Å². The lowest BCUT2D eigenvalue weighted by molar-refractivity contribution is 1.70. The Morgan fingerprint density at radius 2 is 0.722 bits per heavy atom. The molecule has 0 unspecified atom stereocenters. The van der Waals surface area contributed by atoms with Crippen molar-refractivity contribution in [3.05, 3.63) is 146 Å². The van der Waals surface area contributed by atoms with Gasteiger partial charge < -0.3 is 0 Å². The zero-order valence-corrected chi connectivity index (χ0v) is 19.9. The molecule has 0 bridgehead atoms. The van der Waals surface area contributed by atoms with Crippen LogP contribution in [0.4, 0.5) is 0 Å². The monoisotopic (exact) mass is 456 g/mol. The average Bonchev–Trinajstić information content (AvgIpc) is 2.96. The highest BCUT2D eigenvalue weighted by Gasteiger charge is 2.12. The predicted octanol–water partition coefficient (Wildman–Crippen LogP) is 10.2. The maximum Gasteiger partial charge on any atom is -0.00206 e. The van der Waals surface area contributed by atoms with Crippen molar-refractivity contribution >= 4 is 53.9 Å². The molecule has 0 spiro atoms. The average molecular weight is 457 g/mol. The molecular formula is C36H24. The molecule has 0 aromatic heterocycles. The Morgan fingerprint density at radius 3 is 1.36 bits per heavy atom. The van der Waals surface area contributed by atoms with Crippen LogP contribution in [0.1, 0.15) is 0 Å². The number of benzene rings is 8. The normalized spacial score (nSPS) is 11.3. The Kier molecular flexibility index (Phi) is 4.89. The van der Waals surface area contributed by atoms with E-state index in [0.29, 0.717) is 0 Å². The quantitative estimate of drug-likeness (QED) is 0.216. The molecule has 0 radical (unpaired) electrons. The Morgan fingerprint density at radius 1 is 0.278 bits per heavy atom. The summed E-state index contributed by atoms with van der Waals surface area (Å²) in [5.74, 6) is 0. The van der Waals surface area contributed by atoms with Gasteiger partial charge in [-0.3, -0.25) is 0 Å². The third-order valence-corrected chi connectivity index (χ3v) is 7.25. The van der Waals surface area contributed by atoms with Crippen LogP contribution in [0.2, 0.25) is 0 Å². The second-order valence-electron chi connectivity index (χ2n) is 9.38. The first-order chi connectivity index (χ1) is 17.8. The van der Waals surface area contributed by atoms with Crippen LogP contribution in [-0.2, 0) is 0 Å². The lowest BCUT2D eigenvalue weighted by atomic mass is 9.89. The standard InChI is InChI=1S/C26H16.C10H8/c1-2-5-21-16-22(11-8-17(21)4-1)23-14-12-20-10-9-18-6-3-7-19-13-15-24(23)26(20)25(18)19;1-2-6-10-8-4-3-7-9(10)5-1/h1-16H;1-8H. The van der Waals surface area contributed by atoms with Crippen LogP contribution in [0.5, 0.6) is 0 Å². The van der Waals surface area contributed by atoms with Crippen molar-refractivity contribution < 1.29 is 0 Å². The number of rotatable bonds is 1. The first-order valence-electron chi connectivity index (χ1n) is 12.4. The predicted molar refractivity (Wildman–Crippen MR) is 157 cm³/mol. The molecule has 0 fully saturated rings. The third-order valence-electron chi connectivity index (χ3n) is 7.25. The topological polar surface area (TPSA) is 0 Å². The number of hydrogen-bond acceptors (Lipinski definition) is 0. The minimum atomic E-state index is 1.28. The fourth-order valence-electron chi connectivity index (χ4n) is 5.48. The first kappa shape index (κ1) is 20.7. The highest BCUT2D eigenvalue weighted by atomic mass is 14.1. The van der Waals surface area contributed by atoms with Crippen molar-refractivity contribution in [2.75, 3.05) is 0 Å². The Labute approximate surface area is 210 Å². The Hall–Kier alpha value is -4.68. The molecule has 8 rings (SSSR count). The van der Waals surface area contributed by atoms with Crippen molar-refractivity contribution in [3.8, 4) is 11.1 Å². The summed E-state index contributed by atoms with van der Waals surface area (Å²) in [5, 5.41) is 13.2. The van der Waals surface area contributed by atoms with Crippen LogP contribution in [0.25, 0.3) is 65.0 Å². The van der Waals surface area contributed by atoms with Crippen LogP contribution in [-0.4, -0.2) is 0 Å². The molecule has 0 N–H and O–H groups in total. The van der Waals surface area contributed by atoms with E-state index in [2.05, 4.69) is 146 Å². The molecule has 0 aliphatic carbocycles. The summed E-state index contributed by atoms with van der Waals surface area (Å²) >= 11 is 0. The van der Waals surface area contributed by atoms with E-state index in [1.54, 1.807) is 0 Å². The van der Waals surface area contributed by atoms with Gasteiger partial charge in [0.15, 0.2) is 0 Å². The summed E-state index contributed by atoms with van der Waals surface area (Å²) in [4.78, 5) is 0. The highest BCUT2D eigenvalue weighted by Crippen LogP contribution is 2.39. The molecule has 168 valence electrons. The van der Waals surface area contributed by atoms with Gasteiger partial charge in [0.05, 0.1) is 0 Å².